The first-order chi connectivity index (χ1) is 12.1. The van der Waals surface area contributed by atoms with Crippen LogP contribution in [0, 0.1) is 6.92 Å². The number of imidazole rings is 1. The number of aryl methyl sites for hydroxylation is 1. The third-order valence-electron chi connectivity index (χ3n) is 3.91. The monoisotopic (exact) mass is 332 g/mol. The van der Waals surface area contributed by atoms with Gasteiger partial charge in [-0.05, 0) is 26.0 Å². The molecule has 0 aliphatic heterocycles. The van der Waals surface area contributed by atoms with E-state index in [1.165, 1.54) is 0 Å². The number of carbonyl (C=O) groups is 1. The number of hydrogen-bond donors (Lipinski definition) is 0. The van der Waals surface area contributed by atoms with Crippen LogP contribution in [-0.2, 0) is 16.1 Å². The van der Waals surface area contributed by atoms with Crippen LogP contribution >= 0.6 is 0 Å². The van der Waals surface area contributed by atoms with Gasteiger partial charge >= 0.3 is 5.97 Å². The second-order valence-electron chi connectivity index (χ2n) is 5.86. The van der Waals surface area contributed by atoms with Crippen LogP contribution in [0.25, 0.3) is 17.1 Å². The number of carbonyl (C=O) groups excluding carboxylic acids is 1. The molecule has 4 heteroatoms. The van der Waals surface area contributed by atoms with Gasteiger partial charge in [0.05, 0.1) is 11.4 Å². The molecule has 126 valence electrons. The lowest BCUT2D eigenvalue weighted by Crippen LogP contribution is -2.09. The van der Waals surface area contributed by atoms with Crippen LogP contribution in [0.4, 0.5) is 0 Å². The summed E-state index contributed by atoms with van der Waals surface area (Å²) in [5, 5.41) is 0. The Labute approximate surface area is 147 Å². The highest BCUT2D eigenvalue weighted by Gasteiger charge is 2.18. The number of esters is 1. The van der Waals surface area contributed by atoms with Gasteiger partial charge in [-0.1, -0.05) is 55.1 Å². The SMILES string of the molecule is C=C(C)C(=O)OCc1c(C)nc(-c2ccccc2)n1-c1ccccc1. The van der Waals surface area contributed by atoms with E-state index in [0.29, 0.717) is 5.57 Å². The fourth-order valence-electron chi connectivity index (χ4n) is 2.63. The molecule has 25 heavy (non-hydrogen) atoms. The average molecular weight is 332 g/mol. The van der Waals surface area contributed by atoms with E-state index in [4.69, 9.17) is 9.72 Å². The molecule has 0 fully saturated rings. The Bertz CT molecular complexity index is 896. The Morgan fingerprint density at radius 1 is 1.08 bits per heavy atom. The zero-order valence-corrected chi connectivity index (χ0v) is 14.4. The number of para-hydroxylation sites is 1. The van der Waals surface area contributed by atoms with E-state index in [0.717, 1.165) is 28.5 Å². The quantitative estimate of drug-likeness (QED) is 0.511. The summed E-state index contributed by atoms with van der Waals surface area (Å²) in [4.78, 5) is 16.5. The number of benzene rings is 2. The number of ether oxygens (including phenoxy) is 1. The first-order valence-corrected chi connectivity index (χ1v) is 8.09. The summed E-state index contributed by atoms with van der Waals surface area (Å²) in [6, 6.07) is 19.9. The fourth-order valence-corrected chi connectivity index (χ4v) is 2.63. The van der Waals surface area contributed by atoms with Gasteiger partial charge in [-0.15, -0.1) is 0 Å². The van der Waals surface area contributed by atoms with Crippen LogP contribution in [0.1, 0.15) is 18.3 Å². The van der Waals surface area contributed by atoms with E-state index in [2.05, 4.69) is 6.58 Å². The molecule has 0 unspecified atom stereocenters. The molecule has 0 amide bonds. The zero-order valence-electron chi connectivity index (χ0n) is 14.4. The smallest absolute Gasteiger partial charge is 0.333 e. The fraction of sp³-hybridized carbons (Fsp3) is 0.143. The standard InChI is InChI=1S/C21H20N2O2/c1-15(2)21(24)25-14-19-16(3)22-20(17-10-6-4-7-11-17)23(19)18-12-8-5-9-13-18/h4-13H,1,14H2,2-3H3. The highest BCUT2D eigenvalue weighted by molar-refractivity contribution is 5.86. The van der Waals surface area contributed by atoms with Gasteiger partial charge in [-0.3, -0.25) is 4.57 Å². The van der Waals surface area contributed by atoms with Crippen molar-refractivity contribution in [2.24, 2.45) is 0 Å². The van der Waals surface area contributed by atoms with E-state index >= 15 is 0 Å². The molecule has 0 bridgehead atoms. The Balaban J connectivity index is 2.10. The van der Waals surface area contributed by atoms with Crippen molar-refractivity contribution in [2.45, 2.75) is 20.5 Å². The van der Waals surface area contributed by atoms with Crippen molar-refractivity contribution in [3.8, 4) is 17.1 Å². The predicted molar refractivity (Wildman–Crippen MR) is 98.3 cm³/mol. The molecule has 0 spiro atoms. The van der Waals surface area contributed by atoms with E-state index in [9.17, 15) is 4.79 Å². The van der Waals surface area contributed by atoms with Gasteiger partial charge < -0.3 is 4.74 Å². The third kappa shape index (κ3) is 3.53. The first kappa shape index (κ1) is 16.7. The molecule has 0 saturated carbocycles. The summed E-state index contributed by atoms with van der Waals surface area (Å²) >= 11 is 0. The van der Waals surface area contributed by atoms with Gasteiger partial charge in [0.25, 0.3) is 0 Å². The van der Waals surface area contributed by atoms with Gasteiger partial charge in [0, 0.05) is 16.8 Å². The Morgan fingerprint density at radius 2 is 1.68 bits per heavy atom. The van der Waals surface area contributed by atoms with Crippen LogP contribution in [0.5, 0.6) is 0 Å². The van der Waals surface area contributed by atoms with Gasteiger partial charge in [0.2, 0.25) is 0 Å². The molecule has 0 radical (unpaired) electrons. The van der Waals surface area contributed by atoms with Crippen molar-refractivity contribution < 1.29 is 9.53 Å². The van der Waals surface area contributed by atoms with Crippen LogP contribution in [0.15, 0.2) is 72.8 Å². The number of nitrogens with zero attached hydrogens (tertiary/aromatic N) is 2. The minimum Gasteiger partial charge on any atom is -0.456 e. The summed E-state index contributed by atoms with van der Waals surface area (Å²) in [6.07, 6.45) is 0. The van der Waals surface area contributed by atoms with Crippen molar-refractivity contribution in [1.29, 1.82) is 0 Å². The molecule has 0 N–H and O–H groups in total. The third-order valence-corrected chi connectivity index (χ3v) is 3.91. The molecule has 2 aromatic carbocycles. The Kier molecular flexibility index (Phi) is 4.80. The molecule has 0 aliphatic carbocycles. The lowest BCUT2D eigenvalue weighted by atomic mass is 10.2. The van der Waals surface area contributed by atoms with E-state index < -0.39 is 5.97 Å². The minimum atomic E-state index is -0.401. The van der Waals surface area contributed by atoms with Crippen molar-refractivity contribution in [1.82, 2.24) is 9.55 Å². The predicted octanol–water partition coefficient (Wildman–Crippen LogP) is 4.47. The second-order valence-corrected chi connectivity index (χ2v) is 5.86. The normalized spacial score (nSPS) is 10.5. The maximum Gasteiger partial charge on any atom is 0.333 e. The largest absolute Gasteiger partial charge is 0.456 e. The maximum absolute atomic E-state index is 11.8. The van der Waals surface area contributed by atoms with Crippen LogP contribution in [0.3, 0.4) is 0 Å². The number of rotatable bonds is 5. The summed E-state index contributed by atoms with van der Waals surface area (Å²) in [7, 11) is 0. The summed E-state index contributed by atoms with van der Waals surface area (Å²) < 4.78 is 7.42. The molecule has 4 nitrogen and oxygen atoms in total. The van der Waals surface area contributed by atoms with Crippen molar-refractivity contribution in [2.75, 3.05) is 0 Å². The first-order valence-electron chi connectivity index (χ1n) is 8.09. The Hall–Kier alpha value is -3.14. The van der Waals surface area contributed by atoms with Gasteiger partial charge in [0.15, 0.2) is 0 Å². The molecular weight excluding hydrogens is 312 g/mol. The molecule has 3 rings (SSSR count). The lowest BCUT2D eigenvalue weighted by Gasteiger charge is -2.13. The van der Waals surface area contributed by atoms with E-state index in [-0.39, 0.29) is 6.61 Å². The van der Waals surface area contributed by atoms with E-state index in [1.54, 1.807) is 6.92 Å². The highest BCUT2D eigenvalue weighted by atomic mass is 16.5. The number of aromatic nitrogens is 2. The van der Waals surface area contributed by atoms with Gasteiger partial charge in [0.1, 0.15) is 12.4 Å². The van der Waals surface area contributed by atoms with Crippen LogP contribution in [-0.4, -0.2) is 15.5 Å². The summed E-state index contributed by atoms with van der Waals surface area (Å²) in [5.74, 6) is 0.423. The lowest BCUT2D eigenvalue weighted by molar-refractivity contribution is -0.140. The van der Waals surface area contributed by atoms with Crippen molar-refractivity contribution in [3.05, 3.63) is 84.2 Å². The van der Waals surface area contributed by atoms with Gasteiger partial charge in [-0.2, -0.15) is 0 Å². The Morgan fingerprint density at radius 3 is 2.28 bits per heavy atom. The molecule has 0 saturated heterocycles. The molecule has 0 aliphatic rings. The van der Waals surface area contributed by atoms with Crippen molar-refractivity contribution >= 4 is 5.97 Å². The second kappa shape index (κ2) is 7.18. The zero-order chi connectivity index (χ0) is 17.8. The number of hydrogen-bond acceptors (Lipinski definition) is 3. The maximum atomic E-state index is 11.8. The average Bonchev–Trinajstić information content (AvgIpc) is 2.97. The minimum absolute atomic E-state index is 0.145. The van der Waals surface area contributed by atoms with Gasteiger partial charge in [-0.25, -0.2) is 9.78 Å². The molecule has 0 atom stereocenters. The van der Waals surface area contributed by atoms with Crippen LogP contribution in [0.2, 0.25) is 0 Å². The molecule has 1 aromatic heterocycles. The van der Waals surface area contributed by atoms with Crippen LogP contribution < -0.4 is 0 Å². The topological polar surface area (TPSA) is 44.1 Å². The molecular formula is C21H20N2O2. The summed E-state index contributed by atoms with van der Waals surface area (Å²) in [6.45, 7) is 7.34. The summed E-state index contributed by atoms with van der Waals surface area (Å²) in [5.41, 5.74) is 4.04. The van der Waals surface area contributed by atoms with Crippen molar-refractivity contribution in [3.63, 3.8) is 0 Å². The van der Waals surface area contributed by atoms with E-state index in [1.807, 2.05) is 72.2 Å². The molecule has 1 heterocycles. The molecule has 3 aromatic rings. The highest BCUT2D eigenvalue weighted by Crippen LogP contribution is 2.27.